The van der Waals surface area contributed by atoms with Crippen molar-refractivity contribution >= 4 is 22.1 Å². The summed E-state index contributed by atoms with van der Waals surface area (Å²) in [4.78, 5) is 21.5. The quantitative estimate of drug-likeness (QED) is 0.449. The van der Waals surface area contributed by atoms with Crippen molar-refractivity contribution in [1.82, 2.24) is 0 Å². The summed E-state index contributed by atoms with van der Waals surface area (Å²) in [5.74, 6) is -0.718. The van der Waals surface area contributed by atoms with E-state index in [1.165, 1.54) is 12.1 Å². The first-order chi connectivity index (χ1) is 8.45. The lowest BCUT2D eigenvalue weighted by atomic mass is 9.99. The Kier molecular flexibility index (Phi) is 3.02. The van der Waals surface area contributed by atoms with Crippen LogP contribution in [0.3, 0.4) is 0 Å². The van der Waals surface area contributed by atoms with E-state index in [0.717, 1.165) is 6.08 Å². The molecule has 18 heavy (non-hydrogen) atoms. The molecule has 1 aromatic carbocycles. The van der Waals surface area contributed by atoms with Crippen LogP contribution in [0, 0.1) is 0 Å². The molecule has 1 aliphatic heterocycles. The van der Waals surface area contributed by atoms with Crippen LogP contribution in [0.4, 0.5) is 0 Å². The highest BCUT2D eigenvalue weighted by Crippen LogP contribution is 2.27. The van der Waals surface area contributed by atoms with Gasteiger partial charge in [-0.25, -0.2) is 9.59 Å². The molecule has 7 heteroatoms. The molecule has 2 rings (SSSR count). The van der Waals surface area contributed by atoms with Crippen molar-refractivity contribution in [2.24, 2.45) is 4.40 Å². The fourth-order valence-electron chi connectivity index (χ4n) is 1.88. The number of cyclic esters (lactones) is 1. The third-order valence-electron chi connectivity index (χ3n) is 2.57. The Morgan fingerprint density at radius 2 is 2.17 bits per heavy atom. The second kappa shape index (κ2) is 4.36. The summed E-state index contributed by atoms with van der Waals surface area (Å²) in [6.45, 7) is 1.71. The number of carbonyl (C=O) groups is 1. The van der Waals surface area contributed by atoms with E-state index in [4.69, 9.17) is 4.74 Å². The number of hydrogen-bond acceptors (Lipinski definition) is 5. The summed E-state index contributed by atoms with van der Waals surface area (Å²) < 4.78 is 31.1. The molecule has 0 fully saturated rings. The van der Waals surface area contributed by atoms with Crippen LogP contribution in [0.1, 0.15) is 22.8 Å². The van der Waals surface area contributed by atoms with Crippen molar-refractivity contribution in [2.75, 3.05) is 0 Å². The summed E-state index contributed by atoms with van der Waals surface area (Å²) in [5, 5.41) is 0. The molecule has 1 heterocycles. The Morgan fingerprint density at radius 3 is 2.83 bits per heavy atom. The lowest BCUT2D eigenvalue weighted by Crippen LogP contribution is -2.26. The number of fused-ring (bicyclic) bond motifs is 1. The van der Waals surface area contributed by atoms with Gasteiger partial charge in [0.15, 0.2) is 0 Å². The van der Waals surface area contributed by atoms with Gasteiger partial charge in [0.05, 0.1) is 5.56 Å². The number of isocyanates is 1. The summed E-state index contributed by atoms with van der Waals surface area (Å²) in [6.07, 6.45) is 1.09. The van der Waals surface area contributed by atoms with E-state index in [1.54, 1.807) is 13.0 Å². The normalized spacial score (nSPS) is 18.5. The van der Waals surface area contributed by atoms with Crippen molar-refractivity contribution in [3.63, 3.8) is 0 Å². The molecule has 0 saturated heterocycles. The topological polar surface area (TPSA) is 89.9 Å². The maximum absolute atomic E-state index is 11.7. The zero-order valence-corrected chi connectivity index (χ0v) is 10.2. The smallest absolute Gasteiger partial charge is 0.340 e. The predicted octanol–water partition coefficient (Wildman–Crippen LogP) is 0.813. The second-order valence-electron chi connectivity index (χ2n) is 3.87. The van der Waals surface area contributed by atoms with Crippen LogP contribution in [0.2, 0.25) is 0 Å². The average Bonchev–Trinajstić information content (AvgIpc) is 2.27. The van der Waals surface area contributed by atoms with Crippen LogP contribution in [0.15, 0.2) is 27.5 Å². The Labute approximate surface area is 103 Å². The van der Waals surface area contributed by atoms with E-state index in [1.807, 2.05) is 0 Å². The fraction of sp³-hybridized carbons (Fsp3) is 0.273. The lowest BCUT2D eigenvalue weighted by Gasteiger charge is -2.22. The van der Waals surface area contributed by atoms with Gasteiger partial charge in [-0.05, 0) is 18.6 Å². The zero-order chi connectivity index (χ0) is 13.3. The van der Waals surface area contributed by atoms with Gasteiger partial charge < -0.3 is 4.74 Å². The van der Waals surface area contributed by atoms with Crippen LogP contribution >= 0.6 is 0 Å². The molecule has 1 aromatic rings. The van der Waals surface area contributed by atoms with Gasteiger partial charge in [0.2, 0.25) is 0 Å². The van der Waals surface area contributed by atoms with Crippen LogP contribution in [-0.2, 0) is 26.0 Å². The summed E-state index contributed by atoms with van der Waals surface area (Å²) in [5.41, 5.74) is 0.524. The third-order valence-corrected chi connectivity index (χ3v) is 3.78. The van der Waals surface area contributed by atoms with Gasteiger partial charge in [0, 0.05) is 6.42 Å². The monoisotopic (exact) mass is 267 g/mol. The molecule has 1 unspecified atom stereocenters. The standard InChI is InChI=1S/C11H9NO5S/c1-7-5-8-3-2-4-9(10(8)11(14)17-7)18(15,16)12-6-13/h2-4,7H,5H2,1H3. The van der Waals surface area contributed by atoms with Gasteiger partial charge in [-0.3, -0.25) is 0 Å². The number of ether oxygens (including phenoxy) is 1. The van der Waals surface area contributed by atoms with Crippen LogP contribution in [-0.4, -0.2) is 26.6 Å². The maximum atomic E-state index is 11.7. The van der Waals surface area contributed by atoms with Gasteiger partial charge in [0.25, 0.3) is 16.1 Å². The highest BCUT2D eigenvalue weighted by molar-refractivity contribution is 7.90. The van der Waals surface area contributed by atoms with Crippen LogP contribution < -0.4 is 0 Å². The van der Waals surface area contributed by atoms with E-state index in [9.17, 15) is 18.0 Å². The molecule has 94 valence electrons. The van der Waals surface area contributed by atoms with Crippen LogP contribution in [0.25, 0.3) is 0 Å². The molecule has 0 radical (unpaired) electrons. The first kappa shape index (κ1) is 12.5. The predicted molar refractivity (Wildman–Crippen MR) is 60.3 cm³/mol. The number of carbonyl (C=O) groups excluding carboxylic acids is 2. The van der Waals surface area contributed by atoms with Crippen molar-refractivity contribution in [3.05, 3.63) is 29.3 Å². The largest absolute Gasteiger partial charge is 0.459 e. The molecule has 0 bridgehead atoms. The highest BCUT2D eigenvalue weighted by atomic mass is 32.2. The molecule has 0 aromatic heterocycles. The minimum Gasteiger partial charge on any atom is -0.459 e. The van der Waals surface area contributed by atoms with Gasteiger partial charge in [0.1, 0.15) is 11.0 Å². The minimum atomic E-state index is -4.20. The van der Waals surface area contributed by atoms with E-state index in [0.29, 0.717) is 12.0 Å². The van der Waals surface area contributed by atoms with E-state index < -0.39 is 16.0 Å². The summed E-state index contributed by atoms with van der Waals surface area (Å²) in [7, 11) is -4.20. The highest BCUT2D eigenvalue weighted by Gasteiger charge is 2.30. The first-order valence-corrected chi connectivity index (χ1v) is 6.56. The van der Waals surface area contributed by atoms with E-state index >= 15 is 0 Å². The van der Waals surface area contributed by atoms with Gasteiger partial charge in [-0.1, -0.05) is 16.5 Å². The van der Waals surface area contributed by atoms with Crippen LogP contribution in [0.5, 0.6) is 0 Å². The van der Waals surface area contributed by atoms with Gasteiger partial charge in [-0.2, -0.15) is 8.42 Å². The SMILES string of the molecule is CC1Cc2cccc(S(=O)(=O)N=C=O)c2C(=O)O1. The first-order valence-electron chi connectivity index (χ1n) is 5.12. The average molecular weight is 267 g/mol. The lowest BCUT2D eigenvalue weighted by molar-refractivity contribution is 0.0295. The number of sulfonamides is 1. The number of nitrogens with zero attached hydrogens (tertiary/aromatic N) is 1. The molecule has 0 N–H and O–H groups in total. The minimum absolute atomic E-state index is 0.0467. The number of rotatable bonds is 2. The zero-order valence-electron chi connectivity index (χ0n) is 9.41. The van der Waals surface area contributed by atoms with Crippen molar-refractivity contribution in [1.29, 1.82) is 0 Å². The maximum Gasteiger partial charge on any atom is 0.340 e. The molecule has 6 nitrogen and oxygen atoms in total. The molecule has 1 atom stereocenters. The Hall–Kier alpha value is -1.98. The van der Waals surface area contributed by atoms with Gasteiger partial charge >= 0.3 is 5.97 Å². The molecule has 0 aliphatic carbocycles. The number of esters is 1. The molecule has 0 amide bonds. The van der Waals surface area contributed by atoms with E-state index in [2.05, 4.69) is 4.40 Å². The molecular formula is C11H9NO5S. The summed E-state index contributed by atoms with van der Waals surface area (Å²) >= 11 is 0. The Balaban J connectivity index is 2.70. The molecular weight excluding hydrogens is 258 g/mol. The van der Waals surface area contributed by atoms with E-state index in [-0.39, 0.29) is 16.6 Å². The Morgan fingerprint density at radius 1 is 1.44 bits per heavy atom. The third kappa shape index (κ3) is 2.05. The Bertz CT molecular complexity index is 658. The summed E-state index contributed by atoms with van der Waals surface area (Å²) in [6, 6.07) is 4.36. The van der Waals surface area contributed by atoms with Gasteiger partial charge in [-0.15, -0.1) is 0 Å². The number of hydrogen-bond donors (Lipinski definition) is 0. The van der Waals surface area contributed by atoms with Crippen molar-refractivity contribution < 1.29 is 22.7 Å². The molecule has 1 aliphatic rings. The molecule has 0 spiro atoms. The van der Waals surface area contributed by atoms with Crippen molar-refractivity contribution in [3.8, 4) is 0 Å². The fourth-order valence-corrected chi connectivity index (χ4v) is 2.80. The number of benzene rings is 1. The second-order valence-corrected chi connectivity index (χ2v) is 5.44. The molecule has 0 saturated carbocycles. The van der Waals surface area contributed by atoms with Crippen molar-refractivity contribution in [2.45, 2.75) is 24.3 Å².